The van der Waals surface area contributed by atoms with Gasteiger partial charge in [-0.05, 0) is 38.0 Å². The Bertz CT molecular complexity index is 369. The molecule has 100 valence electrons. The average molecular weight is 253 g/mol. The zero-order valence-electron chi connectivity index (χ0n) is 10.4. The Morgan fingerprint density at radius 3 is 2.72 bits per heavy atom. The zero-order valence-corrected chi connectivity index (χ0v) is 10.4. The quantitative estimate of drug-likeness (QED) is 0.815. The molecule has 18 heavy (non-hydrogen) atoms. The summed E-state index contributed by atoms with van der Waals surface area (Å²) in [6.07, 6.45) is 4.71. The molecule has 0 aromatic carbocycles. The second-order valence-electron chi connectivity index (χ2n) is 5.81. The SMILES string of the molecule is O=C(CC1CCCCO1)N1CC2CC1(C(=O)O)C2. The Labute approximate surface area is 106 Å². The lowest BCUT2D eigenvalue weighted by atomic mass is 9.73. The molecule has 3 heterocycles. The van der Waals surface area contributed by atoms with Crippen molar-refractivity contribution in [1.29, 1.82) is 0 Å². The lowest BCUT2D eigenvalue weighted by Crippen LogP contribution is -2.55. The molecule has 4 rings (SSSR count). The number of carboxylic acid groups (broad SMARTS) is 1. The van der Waals surface area contributed by atoms with Gasteiger partial charge in [-0.3, -0.25) is 4.79 Å². The van der Waals surface area contributed by atoms with E-state index in [4.69, 9.17) is 4.74 Å². The molecular weight excluding hydrogens is 234 g/mol. The highest BCUT2D eigenvalue weighted by atomic mass is 16.5. The largest absolute Gasteiger partial charge is 0.479 e. The summed E-state index contributed by atoms with van der Waals surface area (Å²) >= 11 is 0. The van der Waals surface area contributed by atoms with Crippen molar-refractivity contribution < 1.29 is 19.4 Å². The Hall–Kier alpha value is -1.10. The van der Waals surface area contributed by atoms with Crippen LogP contribution in [0, 0.1) is 5.92 Å². The summed E-state index contributed by atoms with van der Waals surface area (Å²) in [5.74, 6) is -0.476. The first kappa shape index (κ1) is 12.0. The number of carbonyl (C=O) groups is 2. The van der Waals surface area contributed by atoms with Crippen molar-refractivity contribution in [3.05, 3.63) is 0 Å². The van der Waals surface area contributed by atoms with Gasteiger partial charge in [0.15, 0.2) is 0 Å². The van der Waals surface area contributed by atoms with E-state index in [0.717, 1.165) is 25.9 Å². The van der Waals surface area contributed by atoms with Crippen LogP contribution in [0.4, 0.5) is 0 Å². The van der Waals surface area contributed by atoms with Crippen LogP contribution >= 0.6 is 0 Å². The van der Waals surface area contributed by atoms with Crippen LogP contribution in [0.15, 0.2) is 0 Å². The molecule has 1 atom stereocenters. The molecule has 0 radical (unpaired) electrons. The Morgan fingerprint density at radius 2 is 2.11 bits per heavy atom. The van der Waals surface area contributed by atoms with E-state index in [1.54, 1.807) is 4.90 Å². The number of hydrogen-bond donors (Lipinski definition) is 1. The fraction of sp³-hybridized carbons (Fsp3) is 0.846. The number of rotatable bonds is 3. The maximum Gasteiger partial charge on any atom is 0.329 e. The van der Waals surface area contributed by atoms with E-state index in [0.29, 0.717) is 31.7 Å². The molecule has 1 N–H and O–H groups in total. The number of carbonyl (C=O) groups excluding carboxylic acids is 1. The molecule has 1 amide bonds. The number of amides is 1. The van der Waals surface area contributed by atoms with Crippen molar-refractivity contribution in [2.24, 2.45) is 5.92 Å². The highest BCUT2D eigenvalue weighted by Gasteiger charge is 2.62. The molecule has 0 aromatic rings. The fourth-order valence-electron chi connectivity index (χ4n) is 3.58. The Balaban J connectivity index is 1.64. The maximum atomic E-state index is 12.2. The van der Waals surface area contributed by atoms with Crippen molar-refractivity contribution >= 4 is 11.9 Å². The van der Waals surface area contributed by atoms with Gasteiger partial charge in [0, 0.05) is 13.2 Å². The number of ether oxygens (including phenoxy) is 1. The molecule has 0 aromatic heterocycles. The van der Waals surface area contributed by atoms with E-state index in [2.05, 4.69) is 0 Å². The van der Waals surface area contributed by atoms with Crippen LogP contribution in [0.1, 0.15) is 38.5 Å². The average Bonchev–Trinajstić information content (AvgIpc) is 2.85. The van der Waals surface area contributed by atoms with Gasteiger partial charge in [0.05, 0.1) is 12.5 Å². The van der Waals surface area contributed by atoms with E-state index in [1.165, 1.54) is 0 Å². The van der Waals surface area contributed by atoms with Crippen LogP contribution in [0.5, 0.6) is 0 Å². The maximum absolute atomic E-state index is 12.2. The lowest BCUT2D eigenvalue weighted by molar-refractivity contribution is -0.159. The molecule has 0 spiro atoms. The van der Waals surface area contributed by atoms with E-state index < -0.39 is 11.5 Å². The molecule has 1 unspecified atom stereocenters. The van der Waals surface area contributed by atoms with Gasteiger partial charge in [0.2, 0.25) is 5.91 Å². The zero-order chi connectivity index (χ0) is 12.8. The standard InChI is InChI=1S/C13H19NO4/c15-11(5-10-3-1-2-4-18-10)14-8-9-6-13(14,7-9)12(16)17/h9-10H,1-8H2,(H,16,17). The van der Waals surface area contributed by atoms with Crippen molar-refractivity contribution in [3.63, 3.8) is 0 Å². The molecule has 4 aliphatic rings. The third-order valence-electron chi connectivity index (χ3n) is 4.59. The second kappa shape index (κ2) is 4.23. The molecule has 3 saturated heterocycles. The minimum Gasteiger partial charge on any atom is -0.479 e. The number of aliphatic carboxylic acids is 1. The van der Waals surface area contributed by atoms with E-state index in [-0.39, 0.29) is 12.0 Å². The van der Waals surface area contributed by atoms with Crippen LogP contribution < -0.4 is 0 Å². The number of nitrogens with zero attached hydrogens (tertiary/aromatic N) is 1. The third kappa shape index (κ3) is 1.72. The van der Waals surface area contributed by atoms with Crippen LogP contribution in [-0.2, 0) is 14.3 Å². The Kier molecular flexibility index (Phi) is 2.81. The summed E-state index contributed by atoms with van der Waals surface area (Å²) in [5.41, 5.74) is -0.879. The summed E-state index contributed by atoms with van der Waals surface area (Å²) < 4.78 is 5.56. The molecule has 2 bridgehead atoms. The molecule has 5 heteroatoms. The van der Waals surface area contributed by atoms with Gasteiger partial charge in [0.25, 0.3) is 0 Å². The molecular formula is C13H19NO4. The number of fused-ring (bicyclic) bond motifs is 1. The van der Waals surface area contributed by atoms with Gasteiger partial charge in [-0.25, -0.2) is 4.79 Å². The van der Waals surface area contributed by atoms with Crippen LogP contribution in [0.25, 0.3) is 0 Å². The van der Waals surface area contributed by atoms with Crippen LogP contribution in [-0.4, -0.2) is 46.7 Å². The van der Waals surface area contributed by atoms with Gasteiger partial charge in [-0.1, -0.05) is 0 Å². The van der Waals surface area contributed by atoms with E-state index in [1.807, 2.05) is 0 Å². The topological polar surface area (TPSA) is 66.8 Å². The predicted molar refractivity (Wildman–Crippen MR) is 63.0 cm³/mol. The minimum absolute atomic E-state index is 0.00473. The molecule has 4 fully saturated rings. The van der Waals surface area contributed by atoms with Gasteiger partial charge < -0.3 is 14.7 Å². The van der Waals surface area contributed by atoms with Crippen LogP contribution in [0.2, 0.25) is 0 Å². The first-order valence-corrected chi connectivity index (χ1v) is 6.77. The fourth-order valence-corrected chi connectivity index (χ4v) is 3.58. The van der Waals surface area contributed by atoms with Crippen molar-refractivity contribution in [2.75, 3.05) is 13.2 Å². The molecule has 5 nitrogen and oxygen atoms in total. The molecule has 1 aliphatic carbocycles. The van der Waals surface area contributed by atoms with Gasteiger partial charge >= 0.3 is 5.97 Å². The smallest absolute Gasteiger partial charge is 0.329 e. The lowest BCUT2D eigenvalue weighted by Gasteiger charge is -2.38. The molecule has 1 saturated carbocycles. The summed E-state index contributed by atoms with van der Waals surface area (Å²) in [7, 11) is 0. The summed E-state index contributed by atoms with van der Waals surface area (Å²) in [6.45, 7) is 1.35. The highest BCUT2D eigenvalue weighted by Crippen LogP contribution is 2.50. The van der Waals surface area contributed by atoms with E-state index >= 15 is 0 Å². The first-order valence-electron chi connectivity index (χ1n) is 6.77. The number of carboxylic acids is 1. The van der Waals surface area contributed by atoms with Crippen molar-refractivity contribution in [3.8, 4) is 0 Å². The highest BCUT2D eigenvalue weighted by molar-refractivity contribution is 5.89. The summed E-state index contributed by atoms with van der Waals surface area (Å²) in [4.78, 5) is 25.2. The predicted octanol–water partition coefficient (Wildman–Crippen LogP) is 1.02. The van der Waals surface area contributed by atoms with Crippen molar-refractivity contribution in [1.82, 2.24) is 4.90 Å². The summed E-state index contributed by atoms with van der Waals surface area (Å²) in [6, 6.07) is 0. The Morgan fingerprint density at radius 1 is 1.33 bits per heavy atom. The number of hydrogen-bond acceptors (Lipinski definition) is 3. The second-order valence-corrected chi connectivity index (χ2v) is 5.81. The third-order valence-corrected chi connectivity index (χ3v) is 4.59. The first-order chi connectivity index (χ1) is 8.62. The van der Waals surface area contributed by atoms with Crippen molar-refractivity contribution in [2.45, 2.75) is 50.2 Å². The summed E-state index contributed by atoms with van der Waals surface area (Å²) in [5, 5.41) is 9.31. The minimum atomic E-state index is -0.879. The van der Waals surface area contributed by atoms with Gasteiger partial charge in [-0.2, -0.15) is 0 Å². The molecule has 3 aliphatic heterocycles. The van der Waals surface area contributed by atoms with Gasteiger partial charge in [0.1, 0.15) is 5.54 Å². The van der Waals surface area contributed by atoms with E-state index in [9.17, 15) is 14.7 Å². The van der Waals surface area contributed by atoms with Crippen LogP contribution in [0.3, 0.4) is 0 Å². The van der Waals surface area contributed by atoms with Gasteiger partial charge in [-0.15, -0.1) is 0 Å². The normalized spacial score (nSPS) is 38.3. The monoisotopic (exact) mass is 253 g/mol.